The number of carbonyl (C=O) groups excluding carboxylic acids is 2. The maximum absolute atomic E-state index is 13.3. The fourth-order valence-corrected chi connectivity index (χ4v) is 4.51. The van der Waals surface area contributed by atoms with Crippen molar-refractivity contribution in [2.45, 2.75) is 52.9 Å². The summed E-state index contributed by atoms with van der Waals surface area (Å²) in [5.41, 5.74) is 1.67. The van der Waals surface area contributed by atoms with E-state index in [1.807, 2.05) is 27.7 Å². The van der Waals surface area contributed by atoms with Crippen LogP contribution in [0.3, 0.4) is 0 Å². The van der Waals surface area contributed by atoms with Crippen molar-refractivity contribution >= 4 is 43.7 Å². The zero-order valence-electron chi connectivity index (χ0n) is 23.1. The predicted octanol–water partition coefficient (Wildman–Crippen LogP) is 5.52. The number of hydrogen-bond acceptors (Lipinski definition) is 6. The molecule has 0 spiro atoms. The molecule has 218 valence electrons. The highest BCUT2D eigenvalue weighted by atomic mass is 79.9. The number of hydrogen-bond donors (Lipinski definition) is 1. The van der Waals surface area contributed by atoms with Crippen molar-refractivity contribution in [1.82, 2.24) is 39.7 Å². The third kappa shape index (κ3) is 8.73. The van der Waals surface area contributed by atoms with Crippen molar-refractivity contribution < 1.29 is 18.4 Å². The minimum atomic E-state index is -0.327. The second-order valence-electron chi connectivity index (χ2n) is 9.63. The van der Waals surface area contributed by atoms with Crippen LogP contribution in [0.5, 0.6) is 0 Å². The van der Waals surface area contributed by atoms with E-state index in [1.165, 1.54) is 29.5 Å². The lowest BCUT2D eigenvalue weighted by atomic mass is 10.2. The molecule has 0 aliphatic heterocycles. The molecule has 0 atom stereocenters. The minimum absolute atomic E-state index is 0.0172. The summed E-state index contributed by atoms with van der Waals surface area (Å²) in [6.07, 6.45) is 2.78. The van der Waals surface area contributed by atoms with Gasteiger partial charge in [0.2, 0.25) is 11.6 Å². The summed E-state index contributed by atoms with van der Waals surface area (Å²) in [6.45, 7) is 8.39. The second-order valence-corrected chi connectivity index (χ2v) is 11.3. The average Bonchev–Trinajstić information content (AvgIpc) is 3.61. The largest absolute Gasteiger partial charge is 0.329 e. The highest BCUT2D eigenvalue weighted by Gasteiger charge is 2.23. The molecule has 10 nitrogen and oxygen atoms in total. The van der Waals surface area contributed by atoms with Crippen LogP contribution in [-0.2, 0) is 20.1 Å². The molecule has 0 radical (unpaired) electrons. The van der Waals surface area contributed by atoms with E-state index in [1.54, 1.807) is 41.1 Å². The molecule has 0 saturated heterocycles. The third-order valence-corrected chi connectivity index (χ3v) is 7.07. The summed E-state index contributed by atoms with van der Waals surface area (Å²) >= 11 is 6.29. The lowest BCUT2D eigenvalue weighted by molar-refractivity contribution is 0.0670. The zero-order chi connectivity index (χ0) is 30.3. The number of benzene rings is 2. The van der Waals surface area contributed by atoms with Gasteiger partial charge in [0.15, 0.2) is 0 Å². The lowest BCUT2D eigenvalue weighted by Gasteiger charge is -2.26. The van der Waals surface area contributed by atoms with E-state index < -0.39 is 0 Å². The number of nitrogens with one attached hydrogen (secondary N) is 1. The average molecular weight is 696 g/mol. The minimum Gasteiger partial charge on any atom is -0.329 e. The molecule has 4 rings (SSSR count). The number of H-pyrrole nitrogens is 1. The molecule has 2 aromatic carbocycles. The Balaban J connectivity index is 0.000000226. The fraction of sp³-hybridized carbons (Fsp3) is 0.333. The van der Waals surface area contributed by atoms with Gasteiger partial charge in [0.1, 0.15) is 24.3 Å². The molecule has 2 amide bonds. The fourth-order valence-electron chi connectivity index (χ4n) is 3.66. The summed E-state index contributed by atoms with van der Waals surface area (Å²) in [6, 6.07) is 9.36. The molecule has 1 N–H and O–H groups in total. The number of nitrogens with zero attached hydrogens (tertiary/aromatic N) is 7. The van der Waals surface area contributed by atoms with Gasteiger partial charge in [-0.05, 0) is 94.9 Å². The van der Waals surface area contributed by atoms with Crippen molar-refractivity contribution in [2.75, 3.05) is 0 Å². The molecule has 0 fully saturated rings. The van der Waals surface area contributed by atoms with Crippen LogP contribution in [0.25, 0.3) is 0 Å². The van der Waals surface area contributed by atoms with Crippen LogP contribution in [0.2, 0.25) is 0 Å². The van der Waals surface area contributed by atoms with Crippen molar-refractivity contribution in [1.29, 1.82) is 0 Å². The topological polar surface area (TPSA) is 113 Å². The molecule has 0 saturated carbocycles. The first-order chi connectivity index (χ1) is 19.4. The third-order valence-electron chi connectivity index (χ3n) is 5.85. The lowest BCUT2D eigenvalue weighted by Crippen LogP contribution is -2.37. The normalized spacial score (nSPS) is 10.9. The van der Waals surface area contributed by atoms with Gasteiger partial charge in [0.05, 0.1) is 8.95 Å². The Bertz CT molecular complexity index is 1480. The molecule has 41 heavy (non-hydrogen) atoms. The Morgan fingerprint density at radius 1 is 0.878 bits per heavy atom. The van der Waals surface area contributed by atoms with Gasteiger partial charge >= 0.3 is 0 Å². The van der Waals surface area contributed by atoms with E-state index >= 15 is 0 Å². The van der Waals surface area contributed by atoms with Crippen LogP contribution in [-0.4, -0.2) is 63.6 Å². The standard InChI is InChI=1S/C14H16BrFN4O.C13H14BrFN4O/c1-9(2)20(14(21)13-17-8-19(3)18-13)7-10-4-5-12(16)11(15)6-10;1-8(2)19(13(20)12-16-7-17-18-12)6-9-3-4-11(15)10(14)5-9/h4-6,8-9H,7H2,1-3H3;3-5,7-8H,6H2,1-2H3,(H,16,17,18). The van der Waals surface area contributed by atoms with Gasteiger partial charge in [-0.1, -0.05) is 12.1 Å². The van der Waals surface area contributed by atoms with Gasteiger partial charge < -0.3 is 9.80 Å². The monoisotopic (exact) mass is 694 g/mol. The maximum atomic E-state index is 13.3. The molecule has 0 aliphatic carbocycles. The number of rotatable bonds is 8. The molecule has 0 unspecified atom stereocenters. The van der Waals surface area contributed by atoms with E-state index in [2.05, 4.69) is 57.1 Å². The number of aromatic amines is 1. The first-order valence-corrected chi connectivity index (χ1v) is 14.2. The summed E-state index contributed by atoms with van der Waals surface area (Å²) in [5, 5.41) is 10.3. The molecular weight excluding hydrogens is 666 g/mol. The summed E-state index contributed by atoms with van der Waals surface area (Å²) in [5.74, 6) is -0.782. The van der Waals surface area contributed by atoms with Gasteiger partial charge in [-0.15, -0.1) is 5.10 Å². The van der Waals surface area contributed by atoms with Crippen LogP contribution in [0, 0.1) is 11.6 Å². The van der Waals surface area contributed by atoms with Gasteiger partial charge in [0, 0.05) is 32.2 Å². The highest BCUT2D eigenvalue weighted by Crippen LogP contribution is 2.20. The van der Waals surface area contributed by atoms with Crippen molar-refractivity contribution in [2.24, 2.45) is 7.05 Å². The SMILES string of the molecule is CC(C)N(Cc1ccc(F)c(Br)c1)C(=O)c1ncn(C)n1.CC(C)N(Cc1ccc(F)c(Br)c1)C(=O)c1ncn[nH]1. The second kappa shape index (κ2) is 14.4. The highest BCUT2D eigenvalue weighted by molar-refractivity contribution is 9.10. The van der Waals surface area contributed by atoms with E-state index in [4.69, 9.17) is 0 Å². The van der Waals surface area contributed by atoms with Crippen LogP contribution >= 0.6 is 31.9 Å². The number of halogens is 4. The van der Waals surface area contributed by atoms with Crippen molar-refractivity contribution in [3.8, 4) is 0 Å². The molecule has 2 heterocycles. The van der Waals surface area contributed by atoms with E-state index in [9.17, 15) is 18.4 Å². The van der Waals surface area contributed by atoms with Gasteiger partial charge in [-0.2, -0.15) is 5.10 Å². The molecule has 0 bridgehead atoms. The van der Waals surface area contributed by atoms with E-state index in [-0.39, 0.29) is 47.2 Å². The summed E-state index contributed by atoms with van der Waals surface area (Å²) in [7, 11) is 1.71. The van der Waals surface area contributed by atoms with Crippen molar-refractivity contribution in [3.05, 3.63) is 92.4 Å². The van der Waals surface area contributed by atoms with Gasteiger partial charge in [-0.3, -0.25) is 19.4 Å². The quantitative estimate of drug-likeness (QED) is 0.260. The first kappa shape index (κ1) is 32.0. The zero-order valence-corrected chi connectivity index (χ0v) is 26.3. The summed E-state index contributed by atoms with van der Waals surface area (Å²) in [4.78, 5) is 35.9. The number of aromatic nitrogens is 6. The van der Waals surface area contributed by atoms with E-state index in [0.717, 1.165) is 11.1 Å². The first-order valence-electron chi connectivity index (χ1n) is 12.6. The Labute approximate surface area is 253 Å². The molecular formula is C27H30Br2F2N8O2. The Morgan fingerprint density at radius 2 is 1.39 bits per heavy atom. The molecule has 0 aliphatic rings. The number of aryl methyl sites for hydroxylation is 1. The molecule has 4 aromatic rings. The van der Waals surface area contributed by atoms with Crippen LogP contribution in [0.15, 0.2) is 58.0 Å². The van der Waals surface area contributed by atoms with Gasteiger partial charge in [-0.25, -0.2) is 18.7 Å². The smallest absolute Gasteiger partial charge is 0.294 e. The predicted molar refractivity (Wildman–Crippen MR) is 156 cm³/mol. The van der Waals surface area contributed by atoms with Crippen molar-refractivity contribution in [3.63, 3.8) is 0 Å². The van der Waals surface area contributed by atoms with Gasteiger partial charge in [0.25, 0.3) is 11.8 Å². The summed E-state index contributed by atoms with van der Waals surface area (Å²) < 4.78 is 28.7. The Kier molecular flexibility index (Phi) is 11.2. The molecule has 2 aromatic heterocycles. The maximum Gasteiger partial charge on any atom is 0.294 e. The molecule has 14 heteroatoms. The Morgan fingerprint density at radius 3 is 1.78 bits per heavy atom. The number of carbonyl (C=O) groups is 2. The van der Waals surface area contributed by atoms with E-state index in [0.29, 0.717) is 22.0 Å². The van der Waals surface area contributed by atoms with Crippen LogP contribution in [0.1, 0.15) is 60.1 Å². The van der Waals surface area contributed by atoms with Crippen LogP contribution < -0.4 is 0 Å². The van der Waals surface area contributed by atoms with Crippen LogP contribution in [0.4, 0.5) is 8.78 Å². The Hall–Kier alpha value is -3.52. The number of amides is 2.